The van der Waals surface area contributed by atoms with Gasteiger partial charge in [0.05, 0.1) is 12.5 Å². The van der Waals surface area contributed by atoms with Gasteiger partial charge < -0.3 is 5.32 Å². The minimum Gasteiger partial charge on any atom is -0.349 e. The van der Waals surface area contributed by atoms with Crippen molar-refractivity contribution in [3.63, 3.8) is 0 Å². The minimum absolute atomic E-state index is 0.0346. The first-order chi connectivity index (χ1) is 10.5. The molecule has 0 radical (unpaired) electrons. The van der Waals surface area contributed by atoms with Crippen molar-refractivity contribution < 1.29 is 4.79 Å². The Labute approximate surface area is 137 Å². The van der Waals surface area contributed by atoms with E-state index in [1.165, 1.54) is 11.1 Å². The second-order valence-corrected chi connectivity index (χ2v) is 6.11. The molecule has 116 valence electrons. The van der Waals surface area contributed by atoms with Crippen molar-refractivity contribution in [1.82, 2.24) is 5.32 Å². The van der Waals surface area contributed by atoms with Crippen molar-refractivity contribution in [2.75, 3.05) is 0 Å². The fourth-order valence-corrected chi connectivity index (χ4v) is 2.56. The van der Waals surface area contributed by atoms with E-state index in [0.29, 0.717) is 11.4 Å². The molecule has 0 unspecified atom stereocenters. The van der Waals surface area contributed by atoms with Crippen LogP contribution in [0, 0.1) is 13.8 Å². The molecule has 1 N–H and O–H groups in total. The van der Waals surface area contributed by atoms with E-state index in [9.17, 15) is 4.79 Å². The van der Waals surface area contributed by atoms with Crippen molar-refractivity contribution in [2.45, 2.75) is 39.7 Å². The summed E-state index contributed by atoms with van der Waals surface area (Å²) in [5, 5.41) is 3.81. The third kappa shape index (κ3) is 4.35. The first-order valence-corrected chi connectivity index (χ1v) is 7.98. The summed E-state index contributed by atoms with van der Waals surface area (Å²) in [4.78, 5) is 12.2. The second-order valence-electron chi connectivity index (χ2n) is 5.68. The molecule has 0 aromatic heterocycles. The van der Waals surface area contributed by atoms with Crippen LogP contribution in [0.15, 0.2) is 42.5 Å². The summed E-state index contributed by atoms with van der Waals surface area (Å²) in [5.41, 5.74) is 4.65. The lowest BCUT2D eigenvalue weighted by Crippen LogP contribution is -2.29. The molecule has 2 aromatic rings. The number of aryl methyl sites for hydroxylation is 2. The fraction of sp³-hybridized carbons (Fsp3) is 0.316. The highest BCUT2D eigenvalue weighted by molar-refractivity contribution is 6.30. The minimum atomic E-state index is 0.0346. The Kier molecular flexibility index (Phi) is 5.62. The Morgan fingerprint density at radius 2 is 1.77 bits per heavy atom. The standard InChI is InChI=1S/C19H22ClNO/c1-4-18(16-8-5-13(2)14(3)11-16)21-19(22)12-15-6-9-17(20)10-7-15/h5-11,18H,4,12H2,1-3H3,(H,21,22)/t18-/m1/s1. The van der Waals surface area contributed by atoms with E-state index in [1.807, 2.05) is 24.3 Å². The molecule has 2 aromatic carbocycles. The molecule has 0 aliphatic heterocycles. The normalized spacial score (nSPS) is 12.0. The van der Waals surface area contributed by atoms with E-state index in [2.05, 4.69) is 44.3 Å². The first-order valence-electron chi connectivity index (χ1n) is 7.60. The van der Waals surface area contributed by atoms with E-state index in [1.54, 1.807) is 0 Å². The number of nitrogens with one attached hydrogen (secondary N) is 1. The SMILES string of the molecule is CC[C@@H](NC(=O)Cc1ccc(Cl)cc1)c1ccc(C)c(C)c1. The number of carbonyl (C=O) groups excluding carboxylic acids is 1. The van der Waals surface area contributed by atoms with E-state index < -0.39 is 0 Å². The summed E-state index contributed by atoms with van der Waals surface area (Å²) in [7, 11) is 0. The van der Waals surface area contributed by atoms with Crippen molar-refractivity contribution in [3.8, 4) is 0 Å². The maximum absolute atomic E-state index is 12.2. The van der Waals surface area contributed by atoms with Gasteiger partial charge in [-0.05, 0) is 54.7 Å². The van der Waals surface area contributed by atoms with Gasteiger partial charge in [-0.1, -0.05) is 48.9 Å². The lowest BCUT2D eigenvalue weighted by Gasteiger charge is -2.18. The molecule has 0 saturated heterocycles. The maximum atomic E-state index is 12.2. The predicted molar refractivity (Wildman–Crippen MR) is 92.2 cm³/mol. The molecular formula is C19H22ClNO. The zero-order valence-electron chi connectivity index (χ0n) is 13.3. The smallest absolute Gasteiger partial charge is 0.224 e. The van der Waals surface area contributed by atoms with Gasteiger partial charge >= 0.3 is 0 Å². The van der Waals surface area contributed by atoms with Crippen LogP contribution in [0.2, 0.25) is 5.02 Å². The van der Waals surface area contributed by atoms with Crippen LogP contribution in [0.3, 0.4) is 0 Å². The highest BCUT2D eigenvalue weighted by atomic mass is 35.5. The second kappa shape index (κ2) is 7.46. The van der Waals surface area contributed by atoms with Crippen LogP contribution in [-0.2, 0) is 11.2 Å². The van der Waals surface area contributed by atoms with Crippen molar-refractivity contribution in [2.24, 2.45) is 0 Å². The summed E-state index contributed by atoms with van der Waals surface area (Å²) in [6.45, 7) is 6.28. The molecule has 2 nitrogen and oxygen atoms in total. The van der Waals surface area contributed by atoms with E-state index in [0.717, 1.165) is 17.5 Å². The highest BCUT2D eigenvalue weighted by Gasteiger charge is 2.13. The molecule has 0 fully saturated rings. The van der Waals surface area contributed by atoms with Gasteiger partial charge in [-0.3, -0.25) is 4.79 Å². The number of carbonyl (C=O) groups is 1. The number of rotatable bonds is 5. The van der Waals surface area contributed by atoms with Crippen LogP contribution in [0.25, 0.3) is 0 Å². The topological polar surface area (TPSA) is 29.1 Å². The molecule has 0 heterocycles. The number of hydrogen-bond acceptors (Lipinski definition) is 1. The molecule has 0 saturated carbocycles. The van der Waals surface area contributed by atoms with Crippen LogP contribution in [0.4, 0.5) is 0 Å². The number of hydrogen-bond donors (Lipinski definition) is 1. The lowest BCUT2D eigenvalue weighted by atomic mass is 9.99. The average molecular weight is 316 g/mol. The van der Waals surface area contributed by atoms with Gasteiger partial charge in [0, 0.05) is 5.02 Å². The Bertz CT molecular complexity index is 649. The predicted octanol–water partition coefficient (Wildman–Crippen LogP) is 4.77. The van der Waals surface area contributed by atoms with Gasteiger partial charge in [-0.2, -0.15) is 0 Å². The summed E-state index contributed by atoms with van der Waals surface area (Å²) < 4.78 is 0. The van der Waals surface area contributed by atoms with E-state index in [-0.39, 0.29) is 11.9 Å². The summed E-state index contributed by atoms with van der Waals surface area (Å²) in [5.74, 6) is 0.0346. The molecule has 2 rings (SSSR count). The molecule has 3 heteroatoms. The molecule has 0 spiro atoms. The molecule has 1 atom stereocenters. The van der Waals surface area contributed by atoms with Gasteiger partial charge in [0.1, 0.15) is 0 Å². The molecule has 0 aliphatic rings. The van der Waals surface area contributed by atoms with Crippen molar-refractivity contribution >= 4 is 17.5 Å². The van der Waals surface area contributed by atoms with E-state index >= 15 is 0 Å². The first kappa shape index (κ1) is 16.6. The zero-order valence-corrected chi connectivity index (χ0v) is 14.1. The van der Waals surface area contributed by atoms with Gasteiger partial charge in [-0.15, -0.1) is 0 Å². The number of benzene rings is 2. The van der Waals surface area contributed by atoms with Gasteiger partial charge in [-0.25, -0.2) is 0 Å². The third-order valence-corrected chi connectivity index (χ3v) is 4.21. The van der Waals surface area contributed by atoms with Gasteiger partial charge in [0.15, 0.2) is 0 Å². The van der Waals surface area contributed by atoms with Crippen LogP contribution in [-0.4, -0.2) is 5.91 Å². The van der Waals surface area contributed by atoms with Crippen molar-refractivity contribution in [1.29, 1.82) is 0 Å². The molecule has 0 bridgehead atoms. The number of amides is 1. The Balaban J connectivity index is 2.04. The summed E-state index contributed by atoms with van der Waals surface area (Å²) in [6.07, 6.45) is 1.24. The zero-order chi connectivity index (χ0) is 16.1. The lowest BCUT2D eigenvalue weighted by molar-refractivity contribution is -0.121. The van der Waals surface area contributed by atoms with Crippen LogP contribution in [0.5, 0.6) is 0 Å². The Hall–Kier alpha value is -1.80. The quantitative estimate of drug-likeness (QED) is 0.846. The average Bonchev–Trinajstić information content (AvgIpc) is 2.50. The van der Waals surface area contributed by atoms with Gasteiger partial charge in [0.25, 0.3) is 0 Å². The maximum Gasteiger partial charge on any atom is 0.224 e. The van der Waals surface area contributed by atoms with E-state index in [4.69, 9.17) is 11.6 Å². The Morgan fingerprint density at radius 1 is 1.09 bits per heavy atom. The van der Waals surface area contributed by atoms with Crippen molar-refractivity contribution in [3.05, 3.63) is 69.7 Å². The third-order valence-electron chi connectivity index (χ3n) is 3.95. The highest BCUT2D eigenvalue weighted by Crippen LogP contribution is 2.20. The molecule has 22 heavy (non-hydrogen) atoms. The van der Waals surface area contributed by atoms with Crippen LogP contribution in [0.1, 0.15) is 41.6 Å². The number of halogens is 1. The summed E-state index contributed by atoms with van der Waals surface area (Å²) >= 11 is 5.86. The monoisotopic (exact) mass is 315 g/mol. The van der Waals surface area contributed by atoms with Crippen LogP contribution >= 0.6 is 11.6 Å². The largest absolute Gasteiger partial charge is 0.349 e. The Morgan fingerprint density at radius 3 is 2.36 bits per heavy atom. The summed E-state index contributed by atoms with van der Waals surface area (Å²) in [6, 6.07) is 13.8. The molecular weight excluding hydrogens is 294 g/mol. The molecule has 0 aliphatic carbocycles. The molecule has 1 amide bonds. The van der Waals surface area contributed by atoms with Gasteiger partial charge in [0.2, 0.25) is 5.91 Å². The fourth-order valence-electron chi connectivity index (χ4n) is 2.44. The van der Waals surface area contributed by atoms with Crippen LogP contribution < -0.4 is 5.32 Å².